The van der Waals surface area contributed by atoms with Crippen LogP contribution < -0.4 is 11.0 Å². The molecule has 0 bridgehead atoms. The number of benzene rings is 3. The van der Waals surface area contributed by atoms with Crippen molar-refractivity contribution >= 4 is 11.7 Å². The van der Waals surface area contributed by atoms with E-state index in [9.17, 15) is 14.7 Å². The maximum atomic E-state index is 13.2. The summed E-state index contributed by atoms with van der Waals surface area (Å²) in [6.45, 7) is 0.937. The number of nitrogens with zero attached hydrogens (tertiary/aromatic N) is 3. The molecule has 7 nitrogen and oxygen atoms in total. The molecule has 0 unspecified atom stereocenters. The molecule has 1 saturated carbocycles. The number of aromatic nitrogens is 2. The summed E-state index contributed by atoms with van der Waals surface area (Å²) in [4.78, 5) is 28.0. The van der Waals surface area contributed by atoms with Gasteiger partial charge in [0.2, 0.25) is 5.88 Å². The van der Waals surface area contributed by atoms with Crippen LogP contribution in [0.25, 0.3) is 11.1 Å². The number of nitrogens with one attached hydrogen (secondary N) is 1. The molecule has 1 aliphatic carbocycles. The Hall–Kier alpha value is -4.26. The Kier molecular flexibility index (Phi) is 5.60. The van der Waals surface area contributed by atoms with Crippen LogP contribution in [0.5, 0.6) is 5.88 Å². The number of hydrogen-bond acceptors (Lipinski definition) is 3. The quantitative estimate of drug-likeness (QED) is 0.422. The van der Waals surface area contributed by atoms with E-state index in [2.05, 4.69) is 17.4 Å². The number of hydrogen-bond donors (Lipinski definition) is 2. The Morgan fingerprint density at radius 2 is 1.53 bits per heavy atom. The van der Waals surface area contributed by atoms with Gasteiger partial charge < -0.3 is 15.3 Å². The summed E-state index contributed by atoms with van der Waals surface area (Å²) in [5.74, 6) is 0.380. The van der Waals surface area contributed by atoms with E-state index in [-0.39, 0.29) is 30.2 Å². The van der Waals surface area contributed by atoms with E-state index in [1.165, 1.54) is 10.1 Å². The van der Waals surface area contributed by atoms with Gasteiger partial charge in [-0.1, -0.05) is 78.9 Å². The van der Waals surface area contributed by atoms with Crippen LogP contribution >= 0.6 is 0 Å². The lowest BCUT2D eigenvalue weighted by atomic mass is 9.76. The summed E-state index contributed by atoms with van der Waals surface area (Å²) in [5.41, 5.74) is 4.26. The average Bonchev–Trinajstić information content (AvgIpc) is 3.14. The number of urea groups is 1. The number of amides is 2. The van der Waals surface area contributed by atoms with E-state index in [0.29, 0.717) is 24.7 Å². The summed E-state index contributed by atoms with van der Waals surface area (Å²) in [6.07, 6.45) is 1.64. The molecular weight excluding hydrogens is 452 g/mol. The van der Waals surface area contributed by atoms with Crippen LogP contribution in [0.4, 0.5) is 10.5 Å². The van der Waals surface area contributed by atoms with Crippen LogP contribution in [0.3, 0.4) is 0 Å². The normalized spacial score (nSPS) is 18.8. The van der Waals surface area contributed by atoms with Crippen LogP contribution in [0.1, 0.15) is 36.1 Å². The summed E-state index contributed by atoms with van der Waals surface area (Å²) in [7, 11) is 0. The third-order valence-corrected chi connectivity index (χ3v) is 7.47. The van der Waals surface area contributed by atoms with E-state index in [1.807, 2.05) is 72.8 Å². The fourth-order valence-electron chi connectivity index (χ4n) is 5.42. The van der Waals surface area contributed by atoms with E-state index in [0.717, 1.165) is 29.7 Å². The van der Waals surface area contributed by atoms with Gasteiger partial charge in [0.15, 0.2) is 0 Å². The first kappa shape index (κ1) is 22.2. The second-order valence-corrected chi connectivity index (χ2v) is 9.57. The van der Waals surface area contributed by atoms with E-state index in [4.69, 9.17) is 0 Å². The zero-order valence-corrected chi connectivity index (χ0v) is 19.9. The Morgan fingerprint density at radius 1 is 0.861 bits per heavy atom. The molecule has 2 N–H and O–H groups in total. The molecule has 3 aromatic carbocycles. The van der Waals surface area contributed by atoms with E-state index < -0.39 is 0 Å². The van der Waals surface area contributed by atoms with Gasteiger partial charge in [0.1, 0.15) is 5.69 Å². The van der Waals surface area contributed by atoms with Crippen molar-refractivity contribution in [3.05, 3.63) is 107 Å². The Labute approximate surface area is 209 Å². The van der Waals surface area contributed by atoms with Crippen molar-refractivity contribution in [3.8, 4) is 17.0 Å². The molecule has 0 atom stereocenters. The first-order valence-electron chi connectivity index (χ1n) is 12.4. The molecule has 7 heteroatoms. The number of carbonyl (C=O) groups excluding carboxylic acids is 1. The maximum absolute atomic E-state index is 13.2. The lowest BCUT2D eigenvalue weighted by Gasteiger charge is -2.36. The standard InChI is InChI=1S/C29H28N4O3/c34-27-26-19-31(28(35)30-25-14-8-7-13-24(25)21-11-5-2-6-12-21)15-16-32(26)29(36)33(27)23-17-22(18-23)20-9-3-1-4-10-20/h1-14,22-23,34H,15-19H2,(H,30,35). The van der Waals surface area contributed by atoms with Gasteiger partial charge in [-0.05, 0) is 36.0 Å². The highest BCUT2D eigenvalue weighted by atomic mass is 16.3. The first-order chi connectivity index (χ1) is 17.6. The lowest BCUT2D eigenvalue weighted by Crippen LogP contribution is -2.43. The number of rotatable bonds is 4. The second kappa shape index (κ2) is 9.07. The molecule has 2 heterocycles. The number of para-hydroxylation sites is 1. The molecular formula is C29H28N4O3. The van der Waals surface area contributed by atoms with Crippen molar-refractivity contribution in [2.45, 2.75) is 37.9 Å². The molecule has 2 amide bonds. The van der Waals surface area contributed by atoms with Crippen LogP contribution in [0.2, 0.25) is 0 Å². The van der Waals surface area contributed by atoms with Gasteiger partial charge in [0, 0.05) is 24.7 Å². The van der Waals surface area contributed by atoms with Crippen molar-refractivity contribution < 1.29 is 9.90 Å². The van der Waals surface area contributed by atoms with Crippen LogP contribution in [0.15, 0.2) is 89.7 Å². The van der Waals surface area contributed by atoms with E-state index >= 15 is 0 Å². The fraction of sp³-hybridized carbons (Fsp3) is 0.241. The molecule has 182 valence electrons. The van der Waals surface area contributed by atoms with Crippen LogP contribution in [-0.4, -0.2) is 31.7 Å². The van der Waals surface area contributed by atoms with Gasteiger partial charge in [-0.25, -0.2) is 9.59 Å². The highest BCUT2D eigenvalue weighted by Crippen LogP contribution is 2.46. The van der Waals surface area contributed by atoms with Crippen molar-refractivity contribution in [1.29, 1.82) is 0 Å². The molecule has 1 fully saturated rings. The molecule has 0 spiro atoms. The number of fused-ring (bicyclic) bond motifs is 1. The summed E-state index contributed by atoms with van der Waals surface area (Å²) in [6, 6.07) is 27.6. The van der Waals surface area contributed by atoms with Gasteiger partial charge in [0.25, 0.3) is 0 Å². The Morgan fingerprint density at radius 3 is 2.28 bits per heavy atom. The number of imidazole rings is 1. The van der Waals surface area contributed by atoms with Gasteiger partial charge in [0.05, 0.1) is 12.2 Å². The molecule has 1 aliphatic heterocycles. The van der Waals surface area contributed by atoms with Crippen molar-refractivity contribution in [2.75, 3.05) is 11.9 Å². The number of carbonyl (C=O) groups is 1. The SMILES string of the molecule is O=C(Nc1ccccc1-c1ccccc1)N1CCn2c(c(O)n(C3CC(c4ccccc4)C3)c2=O)C1. The monoisotopic (exact) mass is 480 g/mol. The van der Waals surface area contributed by atoms with Gasteiger partial charge >= 0.3 is 11.7 Å². The van der Waals surface area contributed by atoms with Crippen molar-refractivity contribution in [3.63, 3.8) is 0 Å². The van der Waals surface area contributed by atoms with Gasteiger partial charge in [-0.2, -0.15) is 0 Å². The highest BCUT2D eigenvalue weighted by molar-refractivity contribution is 5.94. The highest BCUT2D eigenvalue weighted by Gasteiger charge is 2.37. The zero-order chi connectivity index (χ0) is 24.6. The predicted octanol–water partition coefficient (Wildman–Crippen LogP) is 5.19. The van der Waals surface area contributed by atoms with Crippen molar-refractivity contribution in [1.82, 2.24) is 14.0 Å². The van der Waals surface area contributed by atoms with Crippen LogP contribution in [-0.2, 0) is 13.1 Å². The summed E-state index contributed by atoms with van der Waals surface area (Å²) < 4.78 is 3.15. The van der Waals surface area contributed by atoms with Crippen LogP contribution in [0, 0.1) is 0 Å². The fourth-order valence-corrected chi connectivity index (χ4v) is 5.42. The molecule has 0 saturated heterocycles. The predicted molar refractivity (Wildman–Crippen MR) is 139 cm³/mol. The third kappa shape index (κ3) is 3.86. The molecule has 6 rings (SSSR count). The Balaban J connectivity index is 1.19. The minimum absolute atomic E-state index is 0.0151. The largest absolute Gasteiger partial charge is 0.493 e. The average molecular weight is 481 g/mol. The third-order valence-electron chi connectivity index (χ3n) is 7.47. The first-order valence-corrected chi connectivity index (χ1v) is 12.4. The minimum Gasteiger partial charge on any atom is -0.493 e. The van der Waals surface area contributed by atoms with E-state index in [1.54, 1.807) is 9.47 Å². The minimum atomic E-state index is -0.253. The van der Waals surface area contributed by atoms with Gasteiger partial charge in [-0.3, -0.25) is 9.13 Å². The molecule has 1 aromatic heterocycles. The zero-order valence-electron chi connectivity index (χ0n) is 19.9. The lowest BCUT2D eigenvalue weighted by molar-refractivity contribution is 0.195. The molecule has 0 radical (unpaired) electrons. The number of aromatic hydroxyl groups is 1. The van der Waals surface area contributed by atoms with Gasteiger partial charge in [-0.15, -0.1) is 0 Å². The summed E-state index contributed by atoms with van der Waals surface area (Å²) in [5, 5.41) is 14.0. The number of anilines is 1. The molecule has 36 heavy (non-hydrogen) atoms. The Bertz CT molecular complexity index is 1450. The molecule has 4 aromatic rings. The maximum Gasteiger partial charge on any atom is 0.331 e. The second-order valence-electron chi connectivity index (χ2n) is 9.57. The summed E-state index contributed by atoms with van der Waals surface area (Å²) >= 11 is 0. The topological polar surface area (TPSA) is 79.5 Å². The molecule has 2 aliphatic rings. The smallest absolute Gasteiger partial charge is 0.331 e. The van der Waals surface area contributed by atoms with Crippen molar-refractivity contribution in [2.24, 2.45) is 0 Å².